The fourth-order valence-electron chi connectivity index (χ4n) is 1.01. The highest BCUT2D eigenvalue weighted by molar-refractivity contribution is 9.08. The third-order valence-electron chi connectivity index (χ3n) is 1.69. The van der Waals surface area contributed by atoms with Gasteiger partial charge in [0.05, 0.1) is 6.61 Å². The van der Waals surface area contributed by atoms with Crippen molar-refractivity contribution in [2.75, 3.05) is 0 Å². The molecule has 0 fully saturated rings. The van der Waals surface area contributed by atoms with Crippen molar-refractivity contribution in [3.05, 3.63) is 23.0 Å². The van der Waals surface area contributed by atoms with Crippen molar-refractivity contribution in [1.29, 1.82) is 0 Å². The Labute approximate surface area is 87.5 Å². The largest absolute Gasteiger partial charge is 0.506 e. The van der Waals surface area contributed by atoms with Crippen LogP contribution in [0.15, 0.2) is 6.07 Å². The summed E-state index contributed by atoms with van der Waals surface area (Å²) in [4.78, 5) is 3.48. The van der Waals surface area contributed by atoms with Crippen molar-refractivity contribution < 1.29 is 19.0 Å². The maximum Gasteiger partial charge on any atom is 0.280 e. The predicted molar refractivity (Wildman–Crippen MR) is 49.4 cm³/mol. The van der Waals surface area contributed by atoms with E-state index < -0.39 is 18.7 Å². The highest BCUT2D eigenvalue weighted by Crippen LogP contribution is 2.27. The van der Waals surface area contributed by atoms with E-state index in [9.17, 15) is 13.9 Å². The third-order valence-corrected chi connectivity index (χ3v) is 2.30. The number of nitrogens with zero attached hydrogens (tertiary/aromatic N) is 1. The number of rotatable bonds is 3. The predicted octanol–water partition coefficient (Wildman–Crippen LogP) is 2.11. The second-order valence-corrected chi connectivity index (χ2v) is 3.15. The molecule has 78 valence electrons. The van der Waals surface area contributed by atoms with Crippen LogP contribution in [-0.4, -0.2) is 15.2 Å². The summed E-state index contributed by atoms with van der Waals surface area (Å²) >= 11 is 3.01. The SMILES string of the molecule is OCc1nc(C(F)F)c(CBr)cc1O. The van der Waals surface area contributed by atoms with E-state index in [-0.39, 0.29) is 22.3 Å². The lowest BCUT2D eigenvalue weighted by atomic mass is 10.2. The lowest BCUT2D eigenvalue weighted by Crippen LogP contribution is -2.01. The quantitative estimate of drug-likeness (QED) is 0.825. The highest BCUT2D eigenvalue weighted by Gasteiger charge is 2.17. The van der Waals surface area contributed by atoms with Crippen molar-refractivity contribution in [3.8, 4) is 5.75 Å². The lowest BCUT2D eigenvalue weighted by Gasteiger charge is -2.08. The first-order valence-electron chi connectivity index (χ1n) is 3.76. The lowest BCUT2D eigenvalue weighted by molar-refractivity contribution is 0.144. The van der Waals surface area contributed by atoms with E-state index >= 15 is 0 Å². The minimum absolute atomic E-state index is 0.134. The Morgan fingerprint density at radius 2 is 2.14 bits per heavy atom. The molecule has 2 N–H and O–H groups in total. The van der Waals surface area contributed by atoms with Gasteiger partial charge in [0.25, 0.3) is 6.43 Å². The van der Waals surface area contributed by atoms with Gasteiger partial charge in [-0.1, -0.05) is 15.9 Å². The number of aliphatic hydroxyl groups is 1. The Morgan fingerprint density at radius 3 is 2.57 bits per heavy atom. The molecule has 1 rings (SSSR count). The summed E-state index contributed by atoms with van der Waals surface area (Å²) in [7, 11) is 0. The molecule has 0 aliphatic rings. The molecule has 0 aromatic carbocycles. The van der Waals surface area contributed by atoms with E-state index in [0.717, 1.165) is 0 Å². The van der Waals surface area contributed by atoms with Gasteiger partial charge >= 0.3 is 0 Å². The van der Waals surface area contributed by atoms with E-state index in [1.807, 2.05) is 0 Å². The molecule has 0 radical (unpaired) electrons. The van der Waals surface area contributed by atoms with Crippen LogP contribution in [-0.2, 0) is 11.9 Å². The molecule has 0 unspecified atom stereocenters. The van der Waals surface area contributed by atoms with E-state index in [1.54, 1.807) is 0 Å². The Bertz CT molecular complexity index is 333. The molecule has 0 spiro atoms. The molecule has 6 heteroatoms. The molecule has 0 bridgehead atoms. The Balaban J connectivity index is 3.25. The van der Waals surface area contributed by atoms with Gasteiger partial charge in [0.1, 0.15) is 17.1 Å². The molecule has 0 saturated heterocycles. The summed E-state index contributed by atoms with van der Waals surface area (Å²) in [6, 6.07) is 1.18. The van der Waals surface area contributed by atoms with Crippen molar-refractivity contribution in [2.24, 2.45) is 0 Å². The van der Waals surface area contributed by atoms with E-state index in [1.165, 1.54) is 6.07 Å². The van der Waals surface area contributed by atoms with Gasteiger partial charge in [0.2, 0.25) is 0 Å². The maximum atomic E-state index is 12.4. The van der Waals surface area contributed by atoms with Crippen molar-refractivity contribution in [1.82, 2.24) is 4.98 Å². The topological polar surface area (TPSA) is 53.4 Å². The fraction of sp³-hybridized carbons (Fsp3) is 0.375. The molecule has 0 aliphatic heterocycles. The van der Waals surface area contributed by atoms with E-state index in [2.05, 4.69) is 20.9 Å². The summed E-state index contributed by atoms with van der Waals surface area (Å²) in [5.41, 5.74) is -0.330. The number of pyridine rings is 1. The van der Waals surface area contributed by atoms with Gasteiger partial charge in [-0.2, -0.15) is 0 Å². The standard InChI is InChI=1S/C8H8BrF2NO2/c9-2-4-1-6(14)5(3-13)12-7(4)8(10)11/h1,8,13-14H,2-3H2. The van der Waals surface area contributed by atoms with Crippen LogP contribution in [0.3, 0.4) is 0 Å². The molecule has 1 aromatic rings. The summed E-state index contributed by atoms with van der Waals surface area (Å²) in [6.07, 6.45) is -2.71. The minimum atomic E-state index is -2.71. The number of aromatic nitrogens is 1. The summed E-state index contributed by atoms with van der Waals surface area (Å²) in [5.74, 6) is -0.272. The van der Waals surface area contributed by atoms with E-state index in [4.69, 9.17) is 5.11 Å². The smallest absolute Gasteiger partial charge is 0.280 e. The Kier molecular flexibility index (Phi) is 3.77. The number of aromatic hydroxyl groups is 1. The van der Waals surface area contributed by atoms with Crippen LogP contribution >= 0.6 is 15.9 Å². The second-order valence-electron chi connectivity index (χ2n) is 2.59. The molecule has 0 atom stereocenters. The van der Waals surface area contributed by atoms with Gasteiger partial charge in [-0.25, -0.2) is 13.8 Å². The zero-order valence-corrected chi connectivity index (χ0v) is 8.63. The molecule has 3 nitrogen and oxygen atoms in total. The number of alkyl halides is 3. The van der Waals surface area contributed by atoms with Crippen LogP contribution in [0.25, 0.3) is 0 Å². The molecule has 0 amide bonds. The van der Waals surface area contributed by atoms with Gasteiger partial charge < -0.3 is 10.2 Å². The number of aliphatic hydroxyl groups excluding tert-OH is 1. The van der Waals surface area contributed by atoms with Gasteiger partial charge in [0, 0.05) is 5.33 Å². The average molecular weight is 268 g/mol. The molecule has 0 saturated carbocycles. The van der Waals surface area contributed by atoms with Crippen LogP contribution in [0.2, 0.25) is 0 Å². The number of halogens is 3. The van der Waals surface area contributed by atoms with Crippen molar-refractivity contribution in [2.45, 2.75) is 18.4 Å². The van der Waals surface area contributed by atoms with Crippen LogP contribution in [0.4, 0.5) is 8.78 Å². The van der Waals surface area contributed by atoms with Gasteiger partial charge in [0.15, 0.2) is 0 Å². The van der Waals surface area contributed by atoms with Crippen molar-refractivity contribution in [3.63, 3.8) is 0 Å². The Morgan fingerprint density at radius 1 is 1.50 bits per heavy atom. The first kappa shape index (κ1) is 11.3. The van der Waals surface area contributed by atoms with Crippen LogP contribution in [0.1, 0.15) is 23.4 Å². The third kappa shape index (κ3) is 2.19. The molecule has 14 heavy (non-hydrogen) atoms. The number of hydrogen-bond acceptors (Lipinski definition) is 3. The molecule has 1 aromatic heterocycles. The molecular weight excluding hydrogens is 260 g/mol. The molecule has 1 heterocycles. The average Bonchev–Trinajstić information content (AvgIpc) is 2.16. The first-order valence-corrected chi connectivity index (χ1v) is 4.89. The number of hydrogen-bond donors (Lipinski definition) is 2. The van der Waals surface area contributed by atoms with Gasteiger partial charge in [-0.05, 0) is 11.6 Å². The van der Waals surface area contributed by atoms with Crippen LogP contribution in [0.5, 0.6) is 5.75 Å². The van der Waals surface area contributed by atoms with Gasteiger partial charge in [-0.3, -0.25) is 0 Å². The molecule has 0 aliphatic carbocycles. The minimum Gasteiger partial charge on any atom is -0.506 e. The van der Waals surface area contributed by atoms with Gasteiger partial charge in [-0.15, -0.1) is 0 Å². The highest BCUT2D eigenvalue weighted by atomic mass is 79.9. The van der Waals surface area contributed by atoms with Crippen LogP contribution in [0, 0.1) is 0 Å². The summed E-state index contributed by atoms with van der Waals surface area (Å²) < 4.78 is 24.8. The second kappa shape index (κ2) is 4.65. The van der Waals surface area contributed by atoms with Crippen molar-refractivity contribution >= 4 is 15.9 Å². The maximum absolute atomic E-state index is 12.4. The Hall–Kier alpha value is -0.750. The summed E-state index contributed by atoms with van der Waals surface area (Å²) in [5, 5.41) is 18.1. The van der Waals surface area contributed by atoms with E-state index in [0.29, 0.717) is 0 Å². The normalized spacial score (nSPS) is 10.9. The zero-order valence-electron chi connectivity index (χ0n) is 7.04. The summed E-state index contributed by atoms with van der Waals surface area (Å²) in [6.45, 7) is -0.561. The monoisotopic (exact) mass is 267 g/mol. The molecular formula is C8H8BrF2NO2. The zero-order chi connectivity index (χ0) is 10.7. The fourth-order valence-corrected chi connectivity index (χ4v) is 1.46. The first-order chi connectivity index (χ1) is 6.60. The van der Waals surface area contributed by atoms with Crippen LogP contribution < -0.4 is 0 Å².